The number of hydrogen-bond acceptors (Lipinski definition) is 9. The first-order chi connectivity index (χ1) is 13.9. The summed E-state index contributed by atoms with van der Waals surface area (Å²) in [6.07, 6.45) is -2.09. The molecule has 30 heavy (non-hydrogen) atoms. The number of rotatable bonds is 4. The maximum absolute atomic E-state index is 12.7. The van der Waals surface area contributed by atoms with Crippen LogP contribution in [-0.2, 0) is 38.0 Å². The summed E-state index contributed by atoms with van der Waals surface area (Å²) in [7, 11) is 1.21. The van der Waals surface area contributed by atoms with Gasteiger partial charge in [0.15, 0.2) is 11.9 Å². The zero-order valence-electron chi connectivity index (χ0n) is 18.3. The van der Waals surface area contributed by atoms with Crippen molar-refractivity contribution in [3.8, 4) is 0 Å². The Kier molecular flexibility index (Phi) is 6.31. The van der Waals surface area contributed by atoms with Crippen LogP contribution in [0, 0.1) is 5.92 Å². The molecule has 3 heterocycles. The highest BCUT2D eigenvalue weighted by Gasteiger charge is 2.55. The Bertz CT molecular complexity index is 686. The first-order valence-electron chi connectivity index (χ1n) is 10.1. The second kappa shape index (κ2) is 8.32. The van der Waals surface area contributed by atoms with Gasteiger partial charge in [0.05, 0.1) is 25.7 Å². The number of carbonyl (C=O) groups excluding carboxylic acids is 3. The third kappa shape index (κ3) is 5.22. The van der Waals surface area contributed by atoms with Gasteiger partial charge in [-0.2, -0.15) is 0 Å². The minimum atomic E-state index is -1.06. The zero-order chi connectivity index (χ0) is 22.3. The van der Waals surface area contributed by atoms with Gasteiger partial charge in [0.1, 0.15) is 23.9 Å². The molecule has 3 saturated heterocycles. The van der Waals surface area contributed by atoms with Crippen LogP contribution in [0.2, 0.25) is 0 Å². The molecular formula is C20H31NO9. The van der Waals surface area contributed by atoms with Crippen molar-refractivity contribution in [3.05, 3.63) is 0 Å². The summed E-state index contributed by atoms with van der Waals surface area (Å²) in [4.78, 5) is 37.0. The molecule has 170 valence electrons. The Morgan fingerprint density at radius 2 is 1.90 bits per heavy atom. The first-order valence-corrected chi connectivity index (χ1v) is 10.1. The topological polar surface area (TPSA) is 119 Å². The van der Waals surface area contributed by atoms with Crippen molar-refractivity contribution in [2.45, 2.75) is 89.3 Å². The van der Waals surface area contributed by atoms with Gasteiger partial charge in [0.25, 0.3) is 0 Å². The van der Waals surface area contributed by atoms with Crippen molar-refractivity contribution in [2.24, 2.45) is 5.92 Å². The maximum Gasteiger partial charge on any atom is 0.408 e. The molecule has 1 amide bonds. The summed E-state index contributed by atoms with van der Waals surface area (Å²) in [5.74, 6) is -2.58. The summed E-state index contributed by atoms with van der Waals surface area (Å²) in [5, 5.41) is 2.48. The van der Waals surface area contributed by atoms with Crippen LogP contribution in [0.15, 0.2) is 0 Å². The Balaban J connectivity index is 1.65. The van der Waals surface area contributed by atoms with E-state index in [-0.39, 0.29) is 18.6 Å². The Hall–Kier alpha value is -1.91. The number of methoxy groups -OCH3 is 1. The summed E-state index contributed by atoms with van der Waals surface area (Å²) in [6.45, 7) is 9.07. The number of amides is 1. The predicted molar refractivity (Wildman–Crippen MR) is 101 cm³/mol. The largest absolute Gasteiger partial charge is 0.467 e. The number of ether oxygens (including phenoxy) is 6. The van der Waals surface area contributed by atoms with Crippen LogP contribution in [0.3, 0.4) is 0 Å². The van der Waals surface area contributed by atoms with Gasteiger partial charge in [-0.1, -0.05) is 0 Å². The van der Waals surface area contributed by atoms with Crippen molar-refractivity contribution >= 4 is 18.0 Å². The fraction of sp³-hybridized carbons (Fsp3) is 0.850. The normalized spacial score (nSPS) is 33.5. The van der Waals surface area contributed by atoms with Crippen LogP contribution >= 0.6 is 0 Å². The molecule has 6 atom stereocenters. The maximum atomic E-state index is 12.7. The van der Waals surface area contributed by atoms with Crippen LogP contribution in [0.5, 0.6) is 0 Å². The monoisotopic (exact) mass is 429 g/mol. The standard InChI is InChI=1S/C20H31NO9/c1-19(2,3)30-18(24)21-11(17(23)25-6)7-10-8-12-14(27-16(10)22)15-13(9-26-12)28-20(4,5)29-15/h10-15H,7-9H2,1-6H3,(H,21,24)/t10-,11+,12-,13-,14+,15-/m1/s1. The van der Waals surface area contributed by atoms with Gasteiger partial charge in [-0.05, 0) is 47.5 Å². The molecule has 0 unspecified atom stereocenters. The highest BCUT2D eigenvalue weighted by atomic mass is 16.8. The molecule has 0 aromatic heterocycles. The molecule has 0 aliphatic carbocycles. The van der Waals surface area contributed by atoms with Crippen LogP contribution in [-0.4, -0.2) is 73.6 Å². The second-order valence-electron chi connectivity index (χ2n) is 9.30. The van der Waals surface area contributed by atoms with Gasteiger partial charge < -0.3 is 33.7 Å². The lowest BCUT2D eigenvalue weighted by molar-refractivity contribution is -0.212. The summed E-state index contributed by atoms with van der Waals surface area (Å²) < 4.78 is 33.2. The van der Waals surface area contributed by atoms with E-state index in [1.165, 1.54) is 7.11 Å². The molecule has 3 aliphatic heterocycles. The second-order valence-corrected chi connectivity index (χ2v) is 9.30. The van der Waals surface area contributed by atoms with E-state index < -0.39 is 53.6 Å². The zero-order valence-corrected chi connectivity index (χ0v) is 18.3. The van der Waals surface area contributed by atoms with E-state index in [1.807, 2.05) is 0 Å². The molecule has 1 N–H and O–H groups in total. The van der Waals surface area contributed by atoms with Gasteiger partial charge in [-0.15, -0.1) is 0 Å². The Morgan fingerprint density at radius 3 is 2.53 bits per heavy atom. The third-order valence-corrected chi connectivity index (χ3v) is 5.19. The Labute approximate surface area is 175 Å². The molecule has 10 nitrogen and oxygen atoms in total. The first kappa shape index (κ1) is 22.8. The highest BCUT2D eigenvalue weighted by molar-refractivity contribution is 5.82. The van der Waals surface area contributed by atoms with E-state index in [4.69, 9.17) is 28.4 Å². The number of hydrogen-bond donors (Lipinski definition) is 1. The molecule has 0 spiro atoms. The fourth-order valence-corrected chi connectivity index (χ4v) is 4.03. The molecule has 0 saturated carbocycles. The summed E-state index contributed by atoms with van der Waals surface area (Å²) in [5.41, 5.74) is -0.731. The lowest BCUT2D eigenvalue weighted by atomic mass is 9.86. The van der Waals surface area contributed by atoms with E-state index in [0.29, 0.717) is 13.0 Å². The summed E-state index contributed by atoms with van der Waals surface area (Å²) >= 11 is 0. The van der Waals surface area contributed by atoms with Crippen molar-refractivity contribution in [1.82, 2.24) is 5.32 Å². The molecule has 0 aromatic carbocycles. The average Bonchev–Trinajstić information content (AvgIpc) is 2.94. The molecule has 3 rings (SSSR count). The van der Waals surface area contributed by atoms with E-state index >= 15 is 0 Å². The number of alkyl carbamates (subject to hydrolysis) is 1. The van der Waals surface area contributed by atoms with Crippen LogP contribution < -0.4 is 5.32 Å². The Morgan fingerprint density at radius 1 is 1.20 bits per heavy atom. The third-order valence-electron chi connectivity index (χ3n) is 5.19. The van der Waals surface area contributed by atoms with Gasteiger partial charge in [0.2, 0.25) is 0 Å². The van der Waals surface area contributed by atoms with Gasteiger partial charge in [-0.25, -0.2) is 9.59 Å². The van der Waals surface area contributed by atoms with Crippen LogP contribution in [0.4, 0.5) is 4.79 Å². The summed E-state index contributed by atoms with van der Waals surface area (Å²) in [6, 6.07) is -1.06. The van der Waals surface area contributed by atoms with E-state index in [0.717, 1.165) is 0 Å². The quantitative estimate of drug-likeness (QED) is 0.521. The minimum absolute atomic E-state index is 0.00821. The lowest BCUT2D eigenvalue weighted by Gasteiger charge is -2.42. The van der Waals surface area contributed by atoms with E-state index in [1.54, 1.807) is 34.6 Å². The molecule has 0 bridgehead atoms. The number of carbonyl (C=O) groups is 3. The lowest BCUT2D eigenvalue weighted by Crippen LogP contribution is -2.58. The van der Waals surface area contributed by atoms with Crippen molar-refractivity contribution in [1.29, 1.82) is 0 Å². The molecule has 0 radical (unpaired) electrons. The van der Waals surface area contributed by atoms with E-state index in [2.05, 4.69) is 5.32 Å². The molecular weight excluding hydrogens is 398 g/mol. The molecule has 3 aliphatic rings. The number of esters is 2. The molecule has 10 heteroatoms. The average molecular weight is 429 g/mol. The smallest absolute Gasteiger partial charge is 0.408 e. The molecule has 0 aromatic rings. The fourth-order valence-electron chi connectivity index (χ4n) is 4.03. The molecule has 3 fully saturated rings. The predicted octanol–water partition coefficient (Wildman–Crippen LogP) is 1.29. The van der Waals surface area contributed by atoms with Gasteiger partial charge in [-0.3, -0.25) is 4.79 Å². The van der Waals surface area contributed by atoms with Crippen molar-refractivity contribution in [3.63, 3.8) is 0 Å². The van der Waals surface area contributed by atoms with Crippen molar-refractivity contribution < 1.29 is 42.8 Å². The SMILES string of the molecule is COC(=O)[C@H](C[C@@H]1C[C@H]2OC[C@H]3OC(C)(C)O[C@H]3[C@H]2OC1=O)NC(=O)OC(C)(C)C. The van der Waals surface area contributed by atoms with Crippen LogP contribution in [0.1, 0.15) is 47.5 Å². The minimum Gasteiger partial charge on any atom is -0.467 e. The highest BCUT2D eigenvalue weighted by Crippen LogP contribution is 2.40. The van der Waals surface area contributed by atoms with Crippen molar-refractivity contribution in [2.75, 3.05) is 13.7 Å². The van der Waals surface area contributed by atoms with Gasteiger partial charge in [0, 0.05) is 0 Å². The van der Waals surface area contributed by atoms with Gasteiger partial charge >= 0.3 is 18.0 Å². The number of nitrogens with one attached hydrogen (secondary N) is 1. The van der Waals surface area contributed by atoms with Crippen LogP contribution in [0.25, 0.3) is 0 Å². The van der Waals surface area contributed by atoms with E-state index in [9.17, 15) is 14.4 Å². The number of fused-ring (bicyclic) bond motifs is 3.